The van der Waals surface area contributed by atoms with Crippen molar-refractivity contribution in [3.05, 3.63) is 95.6 Å². The Hall–Kier alpha value is -3.29. The molecule has 0 aliphatic carbocycles. The Morgan fingerprint density at radius 1 is 1.00 bits per heavy atom. The lowest BCUT2D eigenvalue weighted by Gasteiger charge is -2.07. The second-order valence-corrected chi connectivity index (χ2v) is 8.48. The molecule has 0 atom stereocenters. The fraction of sp³-hybridized carbons (Fsp3) is 0.0870. The third kappa shape index (κ3) is 4.03. The maximum absolute atomic E-state index is 14.2. The molecule has 4 aromatic rings. The van der Waals surface area contributed by atoms with Crippen LogP contribution in [-0.4, -0.2) is 13.4 Å². The third-order valence-electron chi connectivity index (χ3n) is 4.75. The summed E-state index contributed by atoms with van der Waals surface area (Å²) in [6.45, 7) is 1.67. The summed E-state index contributed by atoms with van der Waals surface area (Å²) in [6.07, 6.45) is 0.403. The summed E-state index contributed by atoms with van der Waals surface area (Å²) >= 11 is 0. The van der Waals surface area contributed by atoms with E-state index in [1.165, 1.54) is 12.1 Å². The molecule has 0 aliphatic rings. The van der Waals surface area contributed by atoms with Crippen molar-refractivity contribution >= 4 is 10.0 Å². The smallest absolute Gasteiger partial charge is 0.238 e. The van der Waals surface area contributed by atoms with E-state index >= 15 is 0 Å². The molecule has 0 spiro atoms. The number of aryl methyl sites for hydroxylation is 1. The Labute approximate surface area is 174 Å². The van der Waals surface area contributed by atoms with E-state index in [-0.39, 0.29) is 22.0 Å². The first-order chi connectivity index (χ1) is 14.3. The predicted molar refractivity (Wildman–Crippen MR) is 113 cm³/mol. The van der Waals surface area contributed by atoms with E-state index in [1.54, 1.807) is 37.3 Å². The number of primary sulfonamides is 1. The van der Waals surface area contributed by atoms with Crippen LogP contribution in [0.2, 0.25) is 0 Å². The van der Waals surface area contributed by atoms with Crippen LogP contribution in [-0.2, 0) is 16.4 Å². The van der Waals surface area contributed by atoms with Gasteiger partial charge < -0.3 is 4.42 Å². The molecule has 1 heterocycles. The third-order valence-corrected chi connectivity index (χ3v) is 5.72. The molecular formula is C23H19FN2O3S. The fourth-order valence-electron chi connectivity index (χ4n) is 3.23. The maximum Gasteiger partial charge on any atom is 0.238 e. The number of nitrogens with zero attached hydrogens (tertiary/aromatic N) is 1. The maximum atomic E-state index is 14.2. The van der Waals surface area contributed by atoms with E-state index < -0.39 is 10.0 Å². The van der Waals surface area contributed by atoms with Crippen LogP contribution in [0, 0.1) is 12.7 Å². The quantitative estimate of drug-likeness (QED) is 0.505. The van der Waals surface area contributed by atoms with Crippen molar-refractivity contribution in [2.75, 3.05) is 0 Å². The first kappa shape index (κ1) is 20.0. The first-order valence-electron chi connectivity index (χ1n) is 9.25. The molecule has 4 rings (SSSR count). The number of hydrogen-bond acceptors (Lipinski definition) is 4. The highest BCUT2D eigenvalue weighted by atomic mass is 32.2. The van der Waals surface area contributed by atoms with Crippen molar-refractivity contribution in [3.8, 4) is 22.6 Å². The van der Waals surface area contributed by atoms with Gasteiger partial charge in [-0.1, -0.05) is 54.6 Å². The Morgan fingerprint density at radius 3 is 2.40 bits per heavy atom. The minimum absolute atomic E-state index is 0.0822. The number of hydrogen-bond donors (Lipinski definition) is 1. The molecule has 0 unspecified atom stereocenters. The van der Waals surface area contributed by atoms with Crippen molar-refractivity contribution in [1.29, 1.82) is 0 Å². The minimum atomic E-state index is -4.01. The van der Waals surface area contributed by atoms with Gasteiger partial charge in [-0.15, -0.1) is 0 Å². The molecule has 0 bridgehead atoms. The van der Waals surface area contributed by atoms with Gasteiger partial charge in [-0.05, 0) is 36.2 Å². The van der Waals surface area contributed by atoms with Crippen molar-refractivity contribution in [2.24, 2.45) is 5.14 Å². The van der Waals surface area contributed by atoms with Crippen molar-refractivity contribution in [1.82, 2.24) is 4.98 Å². The van der Waals surface area contributed by atoms with Crippen LogP contribution >= 0.6 is 0 Å². The first-order valence-corrected chi connectivity index (χ1v) is 10.8. The van der Waals surface area contributed by atoms with E-state index in [0.717, 1.165) is 5.56 Å². The van der Waals surface area contributed by atoms with Gasteiger partial charge >= 0.3 is 0 Å². The van der Waals surface area contributed by atoms with Gasteiger partial charge in [-0.25, -0.2) is 22.9 Å². The molecular weight excluding hydrogens is 403 g/mol. The van der Waals surface area contributed by atoms with E-state index in [2.05, 4.69) is 4.98 Å². The van der Waals surface area contributed by atoms with Gasteiger partial charge in [0.25, 0.3) is 0 Å². The zero-order valence-corrected chi connectivity index (χ0v) is 17.0. The predicted octanol–water partition coefficient (Wildman–Crippen LogP) is 4.69. The number of oxazole rings is 1. The van der Waals surface area contributed by atoms with Gasteiger partial charge in [0.1, 0.15) is 11.5 Å². The molecule has 0 amide bonds. The van der Waals surface area contributed by atoms with Crippen LogP contribution in [0.3, 0.4) is 0 Å². The monoisotopic (exact) mass is 422 g/mol. The highest BCUT2D eigenvalue weighted by Crippen LogP contribution is 2.36. The van der Waals surface area contributed by atoms with Crippen LogP contribution < -0.4 is 5.14 Å². The average Bonchev–Trinajstić information content (AvgIpc) is 3.14. The number of halogens is 1. The van der Waals surface area contributed by atoms with E-state index in [1.807, 2.05) is 30.3 Å². The largest absolute Gasteiger partial charge is 0.440 e. The summed E-state index contributed by atoms with van der Waals surface area (Å²) in [7, 11) is -4.01. The van der Waals surface area contributed by atoms with Gasteiger partial charge in [0, 0.05) is 17.5 Å². The highest BCUT2D eigenvalue weighted by molar-refractivity contribution is 7.89. The summed E-state index contributed by atoms with van der Waals surface area (Å²) in [4.78, 5) is 4.49. The topological polar surface area (TPSA) is 86.2 Å². The lowest BCUT2D eigenvalue weighted by Crippen LogP contribution is -2.13. The second-order valence-electron chi connectivity index (χ2n) is 6.95. The Kier molecular flexibility index (Phi) is 5.24. The van der Waals surface area contributed by atoms with Gasteiger partial charge in [0.2, 0.25) is 10.0 Å². The number of aromatic nitrogens is 1. The second kappa shape index (κ2) is 7.85. The molecule has 7 heteroatoms. The Balaban J connectivity index is 1.92. The molecule has 30 heavy (non-hydrogen) atoms. The lowest BCUT2D eigenvalue weighted by atomic mass is 10.0. The van der Waals surface area contributed by atoms with Crippen LogP contribution in [0.4, 0.5) is 4.39 Å². The lowest BCUT2D eigenvalue weighted by molar-refractivity contribution is 0.518. The Morgan fingerprint density at radius 2 is 1.70 bits per heavy atom. The summed E-state index contributed by atoms with van der Waals surface area (Å²) < 4.78 is 44.5. The van der Waals surface area contributed by atoms with Crippen LogP contribution in [0.25, 0.3) is 22.6 Å². The number of benzene rings is 3. The van der Waals surface area contributed by atoms with Gasteiger partial charge in [0.15, 0.2) is 11.7 Å². The van der Waals surface area contributed by atoms with Crippen LogP contribution in [0.1, 0.15) is 17.0 Å². The summed E-state index contributed by atoms with van der Waals surface area (Å²) in [6, 6.07) is 20.6. The molecule has 0 saturated heterocycles. The van der Waals surface area contributed by atoms with E-state index in [9.17, 15) is 12.8 Å². The number of rotatable bonds is 5. The van der Waals surface area contributed by atoms with Crippen molar-refractivity contribution in [3.63, 3.8) is 0 Å². The van der Waals surface area contributed by atoms with Gasteiger partial charge in [-0.3, -0.25) is 0 Å². The molecule has 0 fully saturated rings. The zero-order chi connectivity index (χ0) is 21.3. The molecule has 0 saturated carbocycles. The molecule has 3 aromatic carbocycles. The molecule has 152 valence electrons. The minimum Gasteiger partial charge on any atom is -0.440 e. The Bertz CT molecular complexity index is 1320. The molecule has 0 radical (unpaired) electrons. The molecule has 0 aliphatic heterocycles. The summed E-state index contributed by atoms with van der Waals surface area (Å²) in [5, 5.41) is 5.41. The van der Waals surface area contributed by atoms with E-state index in [0.29, 0.717) is 29.1 Å². The molecule has 1 aromatic heterocycles. The number of nitrogens with two attached hydrogens (primary N) is 1. The molecule has 2 N–H and O–H groups in total. The summed E-state index contributed by atoms with van der Waals surface area (Å²) in [5.74, 6) is 0.232. The molecule has 5 nitrogen and oxygen atoms in total. The number of sulfonamides is 1. The van der Waals surface area contributed by atoms with Crippen LogP contribution in [0.15, 0.2) is 82.1 Å². The van der Waals surface area contributed by atoms with E-state index in [4.69, 9.17) is 9.56 Å². The fourth-order valence-corrected chi connectivity index (χ4v) is 3.97. The van der Waals surface area contributed by atoms with Gasteiger partial charge in [-0.2, -0.15) is 0 Å². The normalized spacial score (nSPS) is 11.6. The van der Waals surface area contributed by atoms with Crippen LogP contribution in [0.5, 0.6) is 0 Å². The summed E-state index contributed by atoms with van der Waals surface area (Å²) in [5.41, 5.74) is 2.60. The van der Waals surface area contributed by atoms with Crippen molar-refractivity contribution in [2.45, 2.75) is 18.2 Å². The van der Waals surface area contributed by atoms with Crippen molar-refractivity contribution < 1.29 is 17.2 Å². The standard InChI is InChI=1S/C23H19FN2O3S/c1-15-11-12-17(14-19(15)24)22-23(18-9-5-6-10-20(18)30(25,27)28)29-21(26-22)13-16-7-3-2-4-8-16/h2-12,14H,13H2,1H3,(H2,25,27,28). The van der Waals surface area contributed by atoms with Gasteiger partial charge in [0.05, 0.1) is 4.90 Å². The SMILES string of the molecule is Cc1ccc(-c2nc(Cc3ccccc3)oc2-c2ccccc2S(N)(=O)=O)cc1F. The highest BCUT2D eigenvalue weighted by Gasteiger charge is 2.23. The zero-order valence-electron chi connectivity index (χ0n) is 16.2. The average molecular weight is 422 g/mol.